The largest absolute Gasteiger partial charge is 0.394 e. The van der Waals surface area contributed by atoms with E-state index in [0.717, 1.165) is 4.90 Å². The molecule has 2 aliphatic heterocycles. The lowest BCUT2D eigenvalue weighted by atomic mass is 10.1. The van der Waals surface area contributed by atoms with E-state index in [1.165, 1.54) is 10.9 Å². The average molecular weight is 571 g/mol. The summed E-state index contributed by atoms with van der Waals surface area (Å²) in [7, 11) is 0. The second-order valence-electron chi connectivity index (χ2n) is 9.88. The number of amides is 3. The lowest BCUT2D eigenvalue weighted by molar-refractivity contribution is -0.118. The lowest BCUT2D eigenvalue weighted by Crippen LogP contribution is -2.36. The monoisotopic (exact) mass is 570 g/mol. The van der Waals surface area contributed by atoms with Crippen LogP contribution in [-0.2, 0) is 19.0 Å². The van der Waals surface area contributed by atoms with E-state index in [1.54, 1.807) is 38.1 Å². The summed E-state index contributed by atoms with van der Waals surface area (Å²) in [5, 5.41) is 23.0. The zero-order valence-electron chi connectivity index (χ0n) is 22.4. The molecule has 1 unspecified atom stereocenters. The van der Waals surface area contributed by atoms with Gasteiger partial charge >= 0.3 is 0 Å². The molecule has 0 radical (unpaired) electrons. The Bertz CT molecular complexity index is 1480. The summed E-state index contributed by atoms with van der Waals surface area (Å²) in [5.41, 5.74) is 0.189. The maximum absolute atomic E-state index is 12.6. The van der Waals surface area contributed by atoms with Gasteiger partial charge in [0, 0.05) is 5.92 Å². The molecule has 15 heteroatoms. The van der Waals surface area contributed by atoms with E-state index in [1.807, 2.05) is 0 Å². The van der Waals surface area contributed by atoms with E-state index >= 15 is 0 Å². The van der Waals surface area contributed by atoms with Crippen LogP contribution in [0.25, 0.3) is 11.2 Å². The molecule has 3 amide bonds. The van der Waals surface area contributed by atoms with E-state index < -0.39 is 36.7 Å². The number of H-pyrrole nitrogens is 1. The average Bonchev–Trinajstić information content (AvgIpc) is 3.59. The van der Waals surface area contributed by atoms with Crippen molar-refractivity contribution < 1.29 is 38.8 Å². The minimum Gasteiger partial charge on any atom is -0.394 e. The number of imidazole rings is 1. The van der Waals surface area contributed by atoms with Crippen molar-refractivity contribution in [2.24, 2.45) is 5.92 Å². The summed E-state index contributed by atoms with van der Waals surface area (Å²) in [4.78, 5) is 61.6. The van der Waals surface area contributed by atoms with Crippen molar-refractivity contribution in [1.82, 2.24) is 24.4 Å². The predicted octanol–water partition coefficient (Wildman–Crippen LogP) is -0.337. The molecule has 41 heavy (non-hydrogen) atoms. The molecule has 4 N–H and O–H groups in total. The SMILES string of the molecule is CC(C)C(=O)Nc1nc2c(ncn2[C@@H]2O[C@H](CO)C(O)[C@@H]2OCCOCCN2C(=O)c3ccccc3C2=O)c(=O)[nH]1. The highest BCUT2D eigenvalue weighted by Gasteiger charge is 2.46. The van der Waals surface area contributed by atoms with Crippen molar-refractivity contribution in [3.8, 4) is 0 Å². The summed E-state index contributed by atoms with van der Waals surface area (Å²) in [6.07, 6.45) is -2.94. The number of ether oxygens (including phenoxy) is 3. The molecule has 4 atom stereocenters. The number of imide groups is 1. The Hall–Kier alpha value is -4.02. The molecule has 4 heterocycles. The smallest absolute Gasteiger partial charge is 0.280 e. The number of hydrogen-bond acceptors (Lipinski definition) is 11. The van der Waals surface area contributed by atoms with Gasteiger partial charge in [-0.2, -0.15) is 4.98 Å². The van der Waals surface area contributed by atoms with Crippen LogP contribution >= 0.6 is 0 Å². The number of nitrogens with zero attached hydrogens (tertiary/aromatic N) is 4. The van der Waals surface area contributed by atoms with Gasteiger partial charge in [-0.05, 0) is 12.1 Å². The summed E-state index contributed by atoms with van der Waals surface area (Å²) in [6, 6.07) is 6.60. The van der Waals surface area contributed by atoms with E-state index in [4.69, 9.17) is 14.2 Å². The van der Waals surface area contributed by atoms with Crippen LogP contribution in [0.5, 0.6) is 0 Å². The molecule has 0 saturated carbocycles. The Morgan fingerprint density at radius 3 is 2.51 bits per heavy atom. The fraction of sp³-hybridized carbons (Fsp3) is 0.462. The first-order valence-corrected chi connectivity index (χ1v) is 13.1. The number of benzene rings is 1. The third-order valence-corrected chi connectivity index (χ3v) is 6.84. The summed E-state index contributed by atoms with van der Waals surface area (Å²) < 4.78 is 18.6. The summed E-state index contributed by atoms with van der Waals surface area (Å²) >= 11 is 0. The van der Waals surface area contributed by atoms with Gasteiger partial charge in [-0.3, -0.25) is 38.9 Å². The van der Waals surface area contributed by atoms with Crippen LogP contribution in [0.15, 0.2) is 35.4 Å². The van der Waals surface area contributed by atoms with Crippen LogP contribution in [0.4, 0.5) is 5.95 Å². The van der Waals surface area contributed by atoms with Crippen LogP contribution < -0.4 is 10.9 Å². The van der Waals surface area contributed by atoms with Gasteiger partial charge in [0.1, 0.15) is 18.3 Å². The van der Waals surface area contributed by atoms with E-state index in [-0.39, 0.29) is 67.1 Å². The Morgan fingerprint density at radius 1 is 1.15 bits per heavy atom. The molecule has 1 fully saturated rings. The molecule has 3 aromatic rings. The Morgan fingerprint density at radius 2 is 1.85 bits per heavy atom. The minimum atomic E-state index is -1.23. The normalized spacial score (nSPS) is 22.2. The maximum Gasteiger partial charge on any atom is 0.280 e. The molecule has 0 bridgehead atoms. The maximum atomic E-state index is 12.6. The Kier molecular flexibility index (Phi) is 8.23. The molecule has 1 saturated heterocycles. The molecular weight excluding hydrogens is 540 g/mol. The number of carbonyl (C=O) groups is 3. The van der Waals surface area contributed by atoms with Gasteiger partial charge in [0.25, 0.3) is 17.4 Å². The third kappa shape index (κ3) is 5.49. The van der Waals surface area contributed by atoms with Crippen molar-refractivity contribution in [3.05, 3.63) is 52.1 Å². The first kappa shape index (κ1) is 28.5. The van der Waals surface area contributed by atoms with Crippen molar-refractivity contribution in [3.63, 3.8) is 0 Å². The van der Waals surface area contributed by atoms with Crippen molar-refractivity contribution in [2.75, 3.05) is 38.3 Å². The highest BCUT2D eigenvalue weighted by molar-refractivity contribution is 6.21. The molecular formula is C26H30N6O9. The highest BCUT2D eigenvalue weighted by atomic mass is 16.6. The fourth-order valence-electron chi connectivity index (χ4n) is 4.65. The van der Waals surface area contributed by atoms with Gasteiger partial charge in [0.05, 0.1) is 50.4 Å². The number of aliphatic hydroxyl groups is 2. The van der Waals surface area contributed by atoms with Crippen molar-refractivity contribution in [2.45, 2.75) is 38.4 Å². The molecule has 218 valence electrons. The summed E-state index contributed by atoms with van der Waals surface area (Å²) in [5.74, 6) is -1.53. The Labute approximate surface area is 233 Å². The topological polar surface area (TPSA) is 198 Å². The van der Waals surface area contributed by atoms with Crippen LogP contribution in [0.1, 0.15) is 40.8 Å². The molecule has 2 aromatic heterocycles. The molecule has 15 nitrogen and oxygen atoms in total. The van der Waals surface area contributed by atoms with Gasteiger partial charge in [0.2, 0.25) is 11.9 Å². The number of hydrogen-bond donors (Lipinski definition) is 4. The number of rotatable bonds is 11. The second-order valence-corrected chi connectivity index (χ2v) is 9.88. The molecule has 0 aliphatic carbocycles. The third-order valence-electron chi connectivity index (χ3n) is 6.84. The van der Waals surface area contributed by atoms with Gasteiger partial charge in [-0.1, -0.05) is 26.0 Å². The van der Waals surface area contributed by atoms with Gasteiger partial charge in [-0.25, -0.2) is 4.98 Å². The fourth-order valence-corrected chi connectivity index (χ4v) is 4.65. The zero-order valence-corrected chi connectivity index (χ0v) is 22.4. The number of carbonyl (C=O) groups excluding carboxylic acids is 3. The van der Waals surface area contributed by atoms with Crippen LogP contribution in [0.3, 0.4) is 0 Å². The predicted molar refractivity (Wildman–Crippen MR) is 141 cm³/mol. The van der Waals surface area contributed by atoms with Crippen LogP contribution in [0.2, 0.25) is 0 Å². The quantitative estimate of drug-likeness (QED) is 0.174. The molecule has 5 rings (SSSR count). The van der Waals surface area contributed by atoms with E-state index in [2.05, 4.69) is 20.3 Å². The summed E-state index contributed by atoms with van der Waals surface area (Å²) in [6.45, 7) is 3.09. The number of aromatic nitrogens is 4. The van der Waals surface area contributed by atoms with Crippen molar-refractivity contribution in [1.29, 1.82) is 0 Å². The highest BCUT2D eigenvalue weighted by Crippen LogP contribution is 2.33. The molecule has 2 aliphatic rings. The molecule has 1 aromatic carbocycles. The number of aromatic amines is 1. The standard InChI is InChI=1S/C26H30N6O9/c1-13(2)21(35)29-26-28-20-17(22(36)30-26)27-12-32(20)25-19(18(34)16(11-33)41-25)40-10-9-39-8-7-31-23(37)14-5-3-4-6-15(14)24(31)38/h3-6,12-13,16,18-19,25,33-34H,7-11H2,1-2H3,(H2,28,29,30,35,36)/t16-,18?,19+,25-/m1/s1. The van der Waals surface area contributed by atoms with Crippen LogP contribution in [-0.4, -0.2) is 104 Å². The number of fused-ring (bicyclic) bond motifs is 2. The van der Waals surface area contributed by atoms with E-state index in [0.29, 0.717) is 11.1 Å². The second kappa shape index (κ2) is 11.8. The van der Waals surface area contributed by atoms with Gasteiger partial charge in [-0.15, -0.1) is 0 Å². The van der Waals surface area contributed by atoms with Gasteiger partial charge in [0.15, 0.2) is 17.4 Å². The van der Waals surface area contributed by atoms with E-state index in [9.17, 15) is 29.4 Å². The van der Waals surface area contributed by atoms with Crippen LogP contribution in [0, 0.1) is 5.92 Å². The minimum absolute atomic E-state index is 0.00179. The number of aliphatic hydroxyl groups excluding tert-OH is 2. The van der Waals surface area contributed by atoms with Gasteiger partial charge < -0.3 is 24.4 Å². The number of anilines is 1. The zero-order chi connectivity index (χ0) is 29.3. The van der Waals surface area contributed by atoms with Crippen molar-refractivity contribution >= 4 is 34.8 Å². The Balaban J connectivity index is 1.22. The number of nitrogens with one attached hydrogen (secondary N) is 2. The first-order valence-electron chi connectivity index (χ1n) is 13.1. The lowest BCUT2D eigenvalue weighted by Gasteiger charge is -2.22. The molecule has 0 spiro atoms. The first-order chi connectivity index (χ1) is 19.7.